The van der Waals surface area contributed by atoms with Crippen LogP contribution >= 0.6 is 0 Å². The van der Waals surface area contributed by atoms with Gasteiger partial charge in [-0.05, 0) is 43.5 Å². The van der Waals surface area contributed by atoms with Gasteiger partial charge in [0.2, 0.25) is 0 Å². The molecule has 2 rings (SSSR count). The highest BCUT2D eigenvalue weighted by molar-refractivity contribution is 5.40. The number of nitrogen functional groups attached to an aromatic ring is 1. The zero-order valence-electron chi connectivity index (χ0n) is 10.6. The number of hydrogen-bond acceptors (Lipinski definition) is 2. The Morgan fingerprint density at radius 3 is 2.59 bits per heavy atom. The fraction of sp³-hybridized carbons (Fsp3) is 0.600. The minimum atomic E-state index is 0.749. The van der Waals surface area contributed by atoms with Crippen LogP contribution in [0.15, 0.2) is 24.3 Å². The maximum Gasteiger partial charge on any atom is 0.0316 e. The maximum atomic E-state index is 5.77. The molecule has 1 aliphatic carbocycles. The summed E-state index contributed by atoms with van der Waals surface area (Å²) < 4.78 is 0. The topological polar surface area (TPSA) is 38.0 Å². The van der Waals surface area contributed by atoms with Crippen molar-refractivity contribution in [2.75, 3.05) is 12.3 Å². The van der Waals surface area contributed by atoms with E-state index in [1.54, 1.807) is 0 Å². The largest absolute Gasteiger partial charge is 0.399 e. The van der Waals surface area contributed by atoms with E-state index in [2.05, 4.69) is 17.4 Å². The average Bonchev–Trinajstić information content (AvgIpc) is 2.58. The molecule has 94 valence electrons. The lowest BCUT2D eigenvalue weighted by Gasteiger charge is -2.16. The number of benzene rings is 1. The van der Waals surface area contributed by atoms with Gasteiger partial charge in [-0.25, -0.2) is 0 Å². The van der Waals surface area contributed by atoms with E-state index in [1.807, 2.05) is 12.1 Å². The minimum Gasteiger partial charge on any atom is -0.399 e. The lowest BCUT2D eigenvalue weighted by Crippen LogP contribution is -2.30. The smallest absolute Gasteiger partial charge is 0.0316 e. The SMILES string of the molecule is Nc1cccc(CCNC2CCCCCC2)c1. The summed E-state index contributed by atoms with van der Waals surface area (Å²) in [5.74, 6) is 0. The van der Waals surface area contributed by atoms with Gasteiger partial charge < -0.3 is 11.1 Å². The summed E-state index contributed by atoms with van der Waals surface area (Å²) >= 11 is 0. The highest BCUT2D eigenvalue weighted by atomic mass is 14.9. The number of hydrogen-bond donors (Lipinski definition) is 2. The molecule has 0 heterocycles. The Balaban J connectivity index is 1.71. The van der Waals surface area contributed by atoms with Crippen LogP contribution in [-0.2, 0) is 6.42 Å². The molecule has 1 aromatic carbocycles. The van der Waals surface area contributed by atoms with Crippen LogP contribution in [0.1, 0.15) is 44.1 Å². The Morgan fingerprint density at radius 1 is 1.12 bits per heavy atom. The van der Waals surface area contributed by atoms with E-state index < -0.39 is 0 Å². The highest BCUT2D eigenvalue weighted by Crippen LogP contribution is 2.17. The molecule has 0 amide bonds. The molecule has 0 aromatic heterocycles. The third kappa shape index (κ3) is 4.39. The summed E-state index contributed by atoms with van der Waals surface area (Å²) in [6.07, 6.45) is 9.45. The summed E-state index contributed by atoms with van der Waals surface area (Å²) in [7, 11) is 0. The van der Waals surface area contributed by atoms with Gasteiger partial charge >= 0.3 is 0 Å². The monoisotopic (exact) mass is 232 g/mol. The maximum absolute atomic E-state index is 5.77. The standard InChI is InChI=1S/C15H24N2/c16-14-7-5-6-13(12-14)10-11-17-15-8-3-1-2-4-9-15/h5-7,12,15,17H,1-4,8-11,16H2. The first kappa shape index (κ1) is 12.4. The van der Waals surface area contributed by atoms with Crippen molar-refractivity contribution in [1.29, 1.82) is 0 Å². The zero-order valence-corrected chi connectivity index (χ0v) is 10.6. The average molecular weight is 232 g/mol. The molecule has 17 heavy (non-hydrogen) atoms. The number of nitrogens with two attached hydrogens (primary N) is 1. The van der Waals surface area contributed by atoms with Gasteiger partial charge in [0.25, 0.3) is 0 Å². The Morgan fingerprint density at radius 2 is 1.88 bits per heavy atom. The normalized spacial score (nSPS) is 17.9. The summed E-state index contributed by atoms with van der Waals surface area (Å²) in [5, 5.41) is 3.69. The first-order valence-corrected chi connectivity index (χ1v) is 6.92. The van der Waals surface area contributed by atoms with E-state index in [1.165, 1.54) is 44.1 Å². The molecular formula is C15H24N2. The van der Waals surface area contributed by atoms with Crippen LogP contribution in [-0.4, -0.2) is 12.6 Å². The van der Waals surface area contributed by atoms with Gasteiger partial charge in [-0.15, -0.1) is 0 Å². The van der Waals surface area contributed by atoms with E-state index in [4.69, 9.17) is 5.73 Å². The second kappa shape index (κ2) is 6.65. The lowest BCUT2D eigenvalue weighted by molar-refractivity contribution is 0.463. The fourth-order valence-corrected chi connectivity index (χ4v) is 2.65. The van der Waals surface area contributed by atoms with Crippen LogP contribution in [0.2, 0.25) is 0 Å². The Kier molecular flexibility index (Phi) is 4.87. The molecule has 0 radical (unpaired) electrons. The summed E-state index contributed by atoms with van der Waals surface area (Å²) in [4.78, 5) is 0. The zero-order chi connectivity index (χ0) is 11.9. The van der Waals surface area contributed by atoms with Gasteiger partial charge in [-0.1, -0.05) is 37.8 Å². The Bertz CT molecular complexity index is 327. The first-order valence-electron chi connectivity index (χ1n) is 6.92. The van der Waals surface area contributed by atoms with Gasteiger partial charge in [-0.2, -0.15) is 0 Å². The molecule has 3 N–H and O–H groups in total. The second-order valence-corrected chi connectivity index (χ2v) is 5.14. The molecule has 1 fully saturated rings. The third-order valence-corrected chi connectivity index (χ3v) is 3.65. The van der Waals surface area contributed by atoms with Crippen LogP contribution in [0.5, 0.6) is 0 Å². The van der Waals surface area contributed by atoms with Crippen molar-refractivity contribution < 1.29 is 0 Å². The summed E-state index contributed by atoms with van der Waals surface area (Å²) in [6, 6.07) is 8.97. The highest BCUT2D eigenvalue weighted by Gasteiger charge is 2.10. The summed E-state index contributed by atoms with van der Waals surface area (Å²) in [5.41, 5.74) is 7.98. The fourth-order valence-electron chi connectivity index (χ4n) is 2.65. The molecule has 0 aliphatic heterocycles. The predicted molar refractivity (Wildman–Crippen MR) is 74.1 cm³/mol. The van der Waals surface area contributed by atoms with Crippen molar-refractivity contribution in [2.24, 2.45) is 0 Å². The summed E-state index contributed by atoms with van der Waals surface area (Å²) in [6.45, 7) is 1.08. The van der Waals surface area contributed by atoms with E-state index in [0.717, 1.165) is 24.7 Å². The van der Waals surface area contributed by atoms with E-state index in [-0.39, 0.29) is 0 Å². The van der Waals surface area contributed by atoms with Crippen molar-refractivity contribution >= 4 is 5.69 Å². The van der Waals surface area contributed by atoms with Gasteiger partial charge in [0, 0.05) is 11.7 Å². The van der Waals surface area contributed by atoms with E-state index in [9.17, 15) is 0 Å². The lowest BCUT2D eigenvalue weighted by atomic mass is 10.1. The minimum absolute atomic E-state index is 0.749. The third-order valence-electron chi connectivity index (χ3n) is 3.65. The van der Waals surface area contributed by atoms with Crippen LogP contribution < -0.4 is 11.1 Å². The molecular weight excluding hydrogens is 208 g/mol. The van der Waals surface area contributed by atoms with Crippen molar-refractivity contribution in [1.82, 2.24) is 5.32 Å². The predicted octanol–water partition coefficient (Wildman–Crippen LogP) is 3.12. The van der Waals surface area contributed by atoms with Crippen LogP contribution in [0.4, 0.5) is 5.69 Å². The van der Waals surface area contributed by atoms with Crippen LogP contribution in [0.25, 0.3) is 0 Å². The molecule has 1 aliphatic rings. The number of nitrogens with one attached hydrogen (secondary N) is 1. The molecule has 0 atom stereocenters. The molecule has 0 unspecified atom stereocenters. The van der Waals surface area contributed by atoms with Gasteiger partial charge in [-0.3, -0.25) is 0 Å². The van der Waals surface area contributed by atoms with E-state index in [0.29, 0.717) is 0 Å². The van der Waals surface area contributed by atoms with E-state index >= 15 is 0 Å². The second-order valence-electron chi connectivity index (χ2n) is 5.14. The van der Waals surface area contributed by atoms with Crippen molar-refractivity contribution in [3.05, 3.63) is 29.8 Å². The number of rotatable bonds is 4. The quantitative estimate of drug-likeness (QED) is 0.618. The van der Waals surface area contributed by atoms with Gasteiger partial charge in [0.05, 0.1) is 0 Å². The molecule has 0 saturated heterocycles. The molecule has 1 saturated carbocycles. The Hall–Kier alpha value is -1.02. The Labute approximate surface area is 105 Å². The van der Waals surface area contributed by atoms with Gasteiger partial charge in [0.15, 0.2) is 0 Å². The first-order chi connectivity index (χ1) is 8.34. The molecule has 2 heteroatoms. The molecule has 1 aromatic rings. The van der Waals surface area contributed by atoms with Gasteiger partial charge in [0.1, 0.15) is 0 Å². The molecule has 0 bridgehead atoms. The van der Waals surface area contributed by atoms with Crippen LogP contribution in [0, 0.1) is 0 Å². The van der Waals surface area contributed by atoms with Crippen molar-refractivity contribution in [3.63, 3.8) is 0 Å². The molecule has 0 spiro atoms. The van der Waals surface area contributed by atoms with Crippen LogP contribution in [0.3, 0.4) is 0 Å². The van der Waals surface area contributed by atoms with Crippen molar-refractivity contribution in [3.8, 4) is 0 Å². The number of anilines is 1. The molecule has 2 nitrogen and oxygen atoms in total. The van der Waals surface area contributed by atoms with Crippen molar-refractivity contribution in [2.45, 2.75) is 51.0 Å².